The van der Waals surface area contributed by atoms with E-state index in [1.807, 2.05) is 0 Å². The van der Waals surface area contributed by atoms with Gasteiger partial charge in [0.05, 0.1) is 0 Å². The first-order valence-corrected chi connectivity index (χ1v) is 5.07. The van der Waals surface area contributed by atoms with E-state index in [2.05, 4.69) is 24.7 Å². The molecule has 2 saturated heterocycles. The van der Waals surface area contributed by atoms with Crippen molar-refractivity contribution in [3.63, 3.8) is 0 Å². The zero-order valence-corrected chi connectivity index (χ0v) is 8.34. The molecule has 0 aromatic rings. The van der Waals surface area contributed by atoms with Gasteiger partial charge in [0.1, 0.15) is 0 Å². The zero-order chi connectivity index (χ0) is 8.60. The molecule has 0 aromatic heterocycles. The van der Waals surface area contributed by atoms with Crippen LogP contribution in [0.15, 0.2) is 0 Å². The van der Waals surface area contributed by atoms with Crippen molar-refractivity contribution in [1.82, 2.24) is 9.71 Å². The number of nitrogens with zero attached hydrogens (tertiary/aromatic N) is 2. The highest BCUT2D eigenvalue weighted by molar-refractivity contribution is 6.04. The van der Waals surface area contributed by atoms with Crippen molar-refractivity contribution in [1.29, 1.82) is 0 Å². The molecule has 2 fully saturated rings. The lowest BCUT2D eigenvalue weighted by Crippen LogP contribution is -2.42. The first-order chi connectivity index (χ1) is 5.70. The number of likely N-dealkylation sites (tertiary alicyclic amines) is 1. The standard InChI is InChI=1S/C9H19BN2/c1-11-5-2-3-9(7-11)4-6-12(10)8-9/h2-8,10H2,1H3. The Morgan fingerprint density at radius 1 is 1.17 bits per heavy atom. The third kappa shape index (κ3) is 1.53. The van der Waals surface area contributed by atoms with Gasteiger partial charge in [0.25, 0.3) is 0 Å². The maximum absolute atomic E-state index is 2.50. The Hall–Kier alpha value is -0.0151. The molecular weight excluding hydrogens is 147 g/mol. The molecule has 2 aliphatic heterocycles. The molecule has 3 heteroatoms. The Labute approximate surface area is 76.3 Å². The van der Waals surface area contributed by atoms with Crippen molar-refractivity contribution in [2.45, 2.75) is 19.3 Å². The summed E-state index contributed by atoms with van der Waals surface area (Å²) in [5, 5.41) is 0. The van der Waals surface area contributed by atoms with Gasteiger partial charge in [-0.2, -0.15) is 0 Å². The van der Waals surface area contributed by atoms with Gasteiger partial charge in [0.2, 0.25) is 0 Å². The molecule has 2 nitrogen and oxygen atoms in total. The van der Waals surface area contributed by atoms with Crippen LogP contribution in [0.25, 0.3) is 0 Å². The summed E-state index contributed by atoms with van der Waals surface area (Å²) in [6, 6.07) is 0. The Kier molecular flexibility index (Phi) is 2.17. The molecular formula is C9H19BN2. The van der Waals surface area contributed by atoms with Crippen LogP contribution in [0.3, 0.4) is 0 Å². The van der Waals surface area contributed by atoms with Crippen LogP contribution in [0.1, 0.15) is 19.3 Å². The fraction of sp³-hybridized carbons (Fsp3) is 1.00. The minimum absolute atomic E-state index is 0.668. The largest absolute Gasteiger partial charge is 0.348 e. The first-order valence-electron chi connectivity index (χ1n) is 5.07. The Morgan fingerprint density at radius 2 is 2.00 bits per heavy atom. The van der Waals surface area contributed by atoms with Crippen LogP contribution in [0.5, 0.6) is 0 Å². The van der Waals surface area contributed by atoms with E-state index in [4.69, 9.17) is 0 Å². The number of hydrogen-bond acceptors (Lipinski definition) is 2. The van der Waals surface area contributed by atoms with Crippen molar-refractivity contribution >= 4 is 7.98 Å². The molecule has 0 saturated carbocycles. The summed E-state index contributed by atoms with van der Waals surface area (Å²) in [6.07, 6.45) is 4.29. The van der Waals surface area contributed by atoms with Gasteiger partial charge >= 0.3 is 0 Å². The van der Waals surface area contributed by atoms with E-state index in [1.54, 1.807) is 0 Å². The van der Waals surface area contributed by atoms with Crippen molar-refractivity contribution in [3.05, 3.63) is 0 Å². The lowest BCUT2D eigenvalue weighted by molar-refractivity contribution is 0.121. The summed E-state index contributed by atoms with van der Waals surface area (Å²) in [4.78, 5) is 4.99. The molecule has 12 heavy (non-hydrogen) atoms. The zero-order valence-electron chi connectivity index (χ0n) is 8.34. The van der Waals surface area contributed by atoms with Gasteiger partial charge in [0, 0.05) is 6.54 Å². The molecule has 0 aromatic carbocycles. The van der Waals surface area contributed by atoms with E-state index in [-0.39, 0.29) is 0 Å². The van der Waals surface area contributed by atoms with Crippen LogP contribution >= 0.6 is 0 Å². The van der Waals surface area contributed by atoms with Crippen LogP contribution in [-0.2, 0) is 0 Å². The maximum atomic E-state index is 2.50. The molecule has 2 heterocycles. The molecule has 0 radical (unpaired) electrons. The van der Waals surface area contributed by atoms with Gasteiger partial charge in [-0.3, -0.25) is 0 Å². The second-order valence-electron chi connectivity index (χ2n) is 4.83. The number of rotatable bonds is 0. The highest BCUT2D eigenvalue weighted by Crippen LogP contribution is 2.37. The normalized spacial score (nSPS) is 39.4. The fourth-order valence-corrected chi connectivity index (χ4v) is 2.95. The molecule has 0 N–H and O–H groups in total. The Bertz CT molecular complexity index is 170. The molecule has 0 amide bonds. The second kappa shape index (κ2) is 3.04. The maximum Gasteiger partial charge on any atom is 0.185 e. The van der Waals surface area contributed by atoms with Crippen molar-refractivity contribution in [2.24, 2.45) is 5.41 Å². The van der Waals surface area contributed by atoms with Gasteiger partial charge in [-0.15, -0.1) is 0 Å². The fourth-order valence-electron chi connectivity index (χ4n) is 2.95. The summed E-state index contributed by atoms with van der Waals surface area (Å²) in [7, 11) is 4.52. The summed E-state index contributed by atoms with van der Waals surface area (Å²) < 4.78 is 0. The molecule has 0 aliphatic carbocycles. The predicted molar refractivity (Wildman–Crippen MR) is 53.9 cm³/mol. The van der Waals surface area contributed by atoms with Gasteiger partial charge in [-0.1, -0.05) is 0 Å². The Balaban J connectivity index is 2.00. The molecule has 68 valence electrons. The quantitative estimate of drug-likeness (QED) is 0.465. The minimum atomic E-state index is 0.668. The Morgan fingerprint density at radius 3 is 2.58 bits per heavy atom. The summed E-state index contributed by atoms with van der Waals surface area (Å²) >= 11 is 0. The topological polar surface area (TPSA) is 6.48 Å². The molecule has 1 atom stereocenters. The van der Waals surface area contributed by atoms with Gasteiger partial charge in [-0.05, 0) is 51.4 Å². The summed E-state index contributed by atoms with van der Waals surface area (Å²) in [5.74, 6) is 0. The third-order valence-electron chi connectivity index (χ3n) is 3.48. The van der Waals surface area contributed by atoms with Crippen molar-refractivity contribution in [2.75, 3.05) is 33.2 Å². The van der Waals surface area contributed by atoms with E-state index in [0.717, 1.165) is 0 Å². The van der Waals surface area contributed by atoms with Gasteiger partial charge in [-0.25, -0.2) is 0 Å². The first kappa shape index (κ1) is 8.58. The van der Waals surface area contributed by atoms with Crippen LogP contribution in [0.4, 0.5) is 0 Å². The van der Waals surface area contributed by atoms with E-state index >= 15 is 0 Å². The van der Waals surface area contributed by atoms with Gasteiger partial charge in [0.15, 0.2) is 7.98 Å². The monoisotopic (exact) mass is 166 g/mol. The predicted octanol–water partition coefficient (Wildman–Crippen LogP) is -0.0478. The molecule has 1 spiro atoms. The average Bonchev–Trinajstić information content (AvgIpc) is 2.32. The lowest BCUT2D eigenvalue weighted by Gasteiger charge is -2.38. The summed E-state index contributed by atoms with van der Waals surface area (Å²) in [5.41, 5.74) is 0.668. The second-order valence-corrected chi connectivity index (χ2v) is 4.83. The highest BCUT2D eigenvalue weighted by Gasteiger charge is 2.38. The van der Waals surface area contributed by atoms with Crippen LogP contribution in [-0.4, -0.2) is 50.9 Å². The molecule has 2 aliphatic rings. The smallest absolute Gasteiger partial charge is 0.185 e. The summed E-state index contributed by atoms with van der Waals surface area (Å²) in [6.45, 7) is 5.29. The van der Waals surface area contributed by atoms with Crippen LogP contribution in [0, 0.1) is 5.41 Å². The van der Waals surface area contributed by atoms with E-state index in [9.17, 15) is 0 Å². The molecule has 0 bridgehead atoms. The molecule has 1 unspecified atom stereocenters. The lowest BCUT2D eigenvalue weighted by atomic mass is 9.79. The number of piperidine rings is 1. The highest BCUT2D eigenvalue weighted by atomic mass is 15.1. The SMILES string of the molecule is BN1CCC2(CCCN(C)C2)C1. The van der Waals surface area contributed by atoms with Crippen molar-refractivity contribution < 1.29 is 0 Å². The average molecular weight is 166 g/mol. The van der Waals surface area contributed by atoms with Crippen molar-refractivity contribution in [3.8, 4) is 0 Å². The van der Waals surface area contributed by atoms with Crippen LogP contribution < -0.4 is 0 Å². The van der Waals surface area contributed by atoms with Gasteiger partial charge < -0.3 is 9.71 Å². The van der Waals surface area contributed by atoms with E-state index in [0.29, 0.717) is 5.41 Å². The minimum Gasteiger partial charge on any atom is -0.348 e. The number of hydrogen-bond donors (Lipinski definition) is 0. The van der Waals surface area contributed by atoms with E-state index in [1.165, 1.54) is 45.4 Å². The van der Waals surface area contributed by atoms with Crippen LogP contribution in [0.2, 0.25) is 0 Å². The van der Waals surface area contributed by atoms with E-state index < -0.39 is 0 Å². The molecule has 2 rings (SSSR count). The third-order valence-corrected chi connectivity index (χ3v) is 3.48.